The zero-order chi connectivity index (χ0) is 16.8. The Morgan fingerprint density at radius 1 is 1.28 bits per heavy atom. The molecule has 6 heteroatoms. The van der Waals surface area contributed by atoms with E-state index in [-0.39, 0.29) is 30.3 Å². The Morgan fingerprint density at radius 3 is 2.72 bits per heavy atom. The molecule has 1 N–H and O–H groups in total. The Labute approximate surface area is 156 Å². The molecule has 3 rings (SSSR count). The zero-order valence-corrected chi connectivity index (χ0v) is 15.7. The molecule has 2 aliphatic heterocycles. The van der Waals surface area contributed by atoms with E-state index in [0.29, 0.717) is 13.1 Å². The minimum absolute atomic E-state index is 0. The van der Waals surface area contributed by atoms with Crippen LogP contribution in [0.1, 0.15) is 31.2 Å². The average Bonchev–Trinajstić information content (AvgIpc) is 3.15. The number of amides is 1. The first-order chi connectivity index (χ1) is 11.8. The molecule has 1 amide bonds. The number of rotatable bonds is 6. The molecule has 0 bridgehead atoms. The van der Waals surface area contributed by atoms with E-state index in [9.17, 15) is 4.79 Å². The van der Waals surface area contributed by atoms with Crippen LogP contribution in [0.25, 0.3) is 0 Å². The minimum atomic E-state index is 0. The molecule has 140 valence electrons. The Balaban J connectivity index is 0.00000225. The first-order valence-electron chi connectivity index (χ1n) is 9.01. The second kappa shape index (κ2) is 10.00. The maximum absolute atomic E-state index is 13.1. The summed E-state index contributed by atoms with van der Waals surface area (Å²) < 4.78 is 11.2. The number of nitrogens with one attached hydrogen (secondary N) is 1. The summed E-state index contributed by atoms with van der Waals surface area (Å²) in [6.07, 6.45) is 4.15. The third kappa shape index (κ3) is 5.33. The molecule has 1 atom stereocenters. The quantitative estimate of drug-likeness (QED) is 0.838. The van der Waals surface area contributed by atoms with Crippen molar-refractivity contribution in [2.45, 2.75) is 38.3 Å². The van der Waals surface area contributed by atoms with Gasteiger partial charge in [0.15, 0.2) is 0 Å². The zero-order valence-electron chi connectivity index (χ0n) is 14.9. The topological polar surface area (TPSA) is 50.8 Å². The number of halogens is 1. The number of para-hydroxylation sites is 1. The Morgan fingerprint density at radius 2 is 2.04 bits per heavy atom. The minimum Gasteiger partial charge on any atom is -0.496 e. The van der Waals surface area contributed by atoms with Crippen LogP contribution in [-0.4, -0.2) is 50.3 Å². The summed E-state index contributed by atoms with van der Waals surface area (Å²) in [4.78, 5) is 15.1. The Kier molecular flexibility index (Phi) is 8.00. The van der Waals surface area contributed by atoms with E-state index in [2.05, 4.69) is 5.32 Å². The summed E-state index contributed by atoms with van der Waals surface area (Å²) in [5.74, 6) is 1.23. The highest BCUT2D eigenvalue weighted by molar-refractivity contribution is 5.85. The molecule has 1 aromatic rings. The van der Waals surface area contributed by atoms with E-state index in [1.54, 1.807) is 7.11 Å². The van der Waals surface area contributed by atoms with Crippen molar-refractivity contribution in [3.05, 3.63) is 29.8 Å². The first kappa shape index (κ1) is 20.0. The van der Waals surface area contributed by atoms with Crippen LogP contribution < -0.4 is 10.1 Å². The number of piperidine rings is 1. The number of carbonyl (C=O) groups excluding carboxylic acids is 1. The summed E-state index contributed by atoms with van der Waals surface area (Å²) in [5.41, 5.74) is 1.06. The monoisotopic (exact) mass is 368 g/mol. The summed E-state index contributed by atoms with van der Waals surface area (Å²) in [5, 5.41) is 3.33. The SMILES string of the molecule is COc1ccccc1CN(CC1CCCO1)C(=O)C1CCNCC1.Cl. The number of ether oxygens (including phenoxy) is 2. The van der Waals surface area contributed by atoms with Crippen LogP contribution in [0.4, 0.5) is 0 Å². The van der Waals surface area contributed by atoms with Crippen LogP contribution in [0.5, 0.6) is 5.75 Å². The molecule has 0 saturated carbocycles. The molecule has 25 heavy (non-hydrogen) atoms. The molecule has 5 nitrogen and oxygen atoms in total. The lowest BCUT2D eigenvalue weighted by Gasteiger charge is -2.31. The highest BCUT2D eigenvalue weighted by atomic mass is 35.5. The van der Waals surface area contributed by atoms with Crippen molar-refractivity contribution in [3.8, 4) is 5.75 Å². The molecule has 0 radical (unpaired) electrons. The highest BCUT2D eigenvalue weighted by Gasteiger charge is 2.29. The Hall–Kier alpha value is -1.30. The fraction of sp³-hybridized carbons (Fsp3) is 0.632. The van der Waals surface area contributed by atoms with Crippen molar-refractivity contribution in [3.63, 3.8) is 0 Å². The predicted octanol–water partition coefficient (Wildman–Crippen LogP) is 2.62. The maximum atomic E-state index is 13.1. The first-order valence-corrected chi connectivity index (χ1v) is 9.01. The number of carbonyl (C=O) groups is 1. The molecule has 1 aromatic carbocycles. The van der Waals surface area contributed by atoms with Gasteiger partial charge in [-0.1, -0.05) is 18.2 Å². The van der Waals surface area contributed by atoms with E-state index in [4.69, 9.17) is 9.47 Å². The lowest BCUT2D eigenvalue weighted by molar-refractivity contribution is -0.138. The fourth-order valence-electron chi connectivity index (χ4n) is 3.63. The molecule has 2 saturated heterocycles. The predicted molar refractivity (Wildman–Crippen MR) is 100 cm³/mol. The smallest absolute Gasteiger partial charge is 0.226 e. The van der Waals surface area contributed by atoms with Crippen molar-refractivity contribution in [2.75, 3.05) is 33.4 Å². The summed E-state index contributed by atoms with van der Waals surface area (Å²) in [7, 11) is 1.68. The van der Waals surface area contributed by atoms with Crippen LogP contribution in [0.2, 0.25) is 0 Å². The van der Waals surface area contributed by atoms with Gasteiger partial charge in [0.05, 0.1) is 13.2 Å². The number of hydrogen-bond acceptors (Lipinski definition) is 4. The third-order valence-electron chi connectivity index (χ3n) is 5.00. The summed E-state index contributed by atoms with van der Waals surface area (Å²) >= 11 is 0. The lowest BCUT2D eigenvalue weighted by Crippen LogP contribution is -2.43. The van der Waals surface area contributed by atoms with E-state index in [0.717, 1.165) is 56.7 Å². The average molecular weight is 369 g/mol. The van der Waals surface area contributed by atoms with Gasteiger partial charge in [-0.15, -0.1) is 12.4 Å². The van der Waals surface area contributed by atoms with Gasteiger partial charge in [0.25, 0.3) is 0 Å². The fourth-order valence-corrected chi connectivity index (χ4v) is 3.63. The number of hydrogen-bond donors (Lipinski definition) is 1. The van der Waals surface area contributed by atoms with Crippen LogP contribution in [0.3, 0.4) is 0 Å². The Bertz CT molecular complexity index is 543. The van der Waals surface area contributed by atoms with Gasteiger partial charge in [0.2, 0.25) is 5.91 Å². The number of nitrogens with zero attached hydrogens (tertiary/aromatic N) is 1. The summed E-state index contributed by atoms with van der Waals surface area (Å²) in [6.45, 7) is 3.94. The van der Waals surface area contributed by atoms with Crippen LogP contribution >= 0.6 is 12.4 Å². The molecule has 2 fully saturated rings. The second-order valence-electron chi connectivity index (χ2n) is 6.69. The maximum Gasteiger partial charge on any atom is 0.226 e. The molecular formula is C19H29ClN2O3. The van der Waals surface area contributed by atoms with E-state index >= 15 is 0 Å². The lowest BCUT2D eigenvalue weighted by atomic mass is 9.96. The van der Waals surface area contributed by atoms with Gasteiger partial charge in [-0.25, -0.2) is 0 Å². The molecule has 0 spiro atoms. The highest BCUT2D eigenvalue weighted by Crippen LogP contribution is 2.24. The molecule has 0 aromatic heterocycles. The summed E-state index contributed by atoms with van der Waals surface area (Å²) in [6, 6.07) is 7.95. The van der Waals surface area contributed by atoms with Gasteiger partial charge in [-0.05, 0) is 44.8 Å². The normalized spacial score (nSPS) is 20.8. The third-order valence-corrected chi connectivity index (χ3v) is 5.00. The van der Waals surface area contributed by atoms with Gasteiger partial charge < -0.3 is 19.7 Å². The van der Waals surface area contributed by atoms with Crippen LogP contribution in [0, 0.1) is 5.92 Å². The standard InChI is InChI=1S/C19H28N2O3.ClH/c1-23-18-7-3-2-5-16(18)13-21(14-17-6-4-12-24-17)19(22)15-8-10-20-11-9-15;/h2-3,5,7,15,17,20H,4,6,8-14H2,1H3;1H. The van der Waals surface area contributed by atoms with Crippen molar-refractivity contribution in [1.82, 2.24) is 10.2 Å². The number of benzene rings is 1. The molecular weight excluding hydrogens is 340 g/mol. The van der Waals surface area contributed by atoms with Gasteiger partial charge in [0, 0.05) is 31.2 Å². The largest absolute Gasteiger partial charge is 0.496 e. The molecule has 1 unspecified atom stereocenters. The molecule has 2 aliphatic rings. The van der Waals surface area contributed by atoms with Crippen molar-refractivity contribution < 1.29 is 14.3 Å². The van der Waals surface area contributed by atoms with Crippen molar-refractivity contribution >= 4 is 18.3 Å². The van der Waals surface area contributed by atoms with Gasteiger partial charge >= 0.3 is 0 Å². The van der Waals surface area contributed by atoms with Gasteiger partial charge in [0.1, 0.15) is 5.75 Å². The van der Waals surface area contributed by atoms with Crippen LogP contribution in [0.15, 0.2) is 24.3 Å². The number of methoxy groups -OCH3 is 1. The second-order valence-corrected chi connectivity index (χ2v) is 6.69. The van der Waals surface area contributed by atoms with E-state index < -0.39 is 0 Å². The van der Waals surface area contributed by atoms with Gasteiger partial charge in [-0.2, -0.15) is 0 Å². The van der Waals surface area contributed by atoms with E-state index in [1.807, 2.05) is 29.2 Å². The van der Waals surface area contributed by atoms with E-state index in [1.165, 1.54) is 0 Å². The van der Waals surface area contributed by atoms with Gasteiger partial charge in [-0.3, -0.25) is 4.79 Å². The van der Waals surface area contributed by atoms with Crippen molar-refractivity contribution in [1.29, 1.82) is 0 Å². The molecule has 0 aliphatic carbocycles. The van der Waals surface area contributed by atoms with Crippen LogP contribution in [-0.2, 0) is 16.1 Å². The van der Waals surface area contributed by atoms with Crippen molar-refractivity contribution in [2.24, 2.45) is 5.92 Å². The molecule has 2 heterocycles.